The molecule has 0 aromatic carbocycles. The minimum Gasteiger partial charge on any atom is -0.379 e. The summed E-state index contributed by atoms with van der Waals surface area (Å²) in [6.07, 6.45) is 1.55. The lowest BCUT2D eigenvalue weighted by Crippen LogP contribution is -2.53. The molecule has 0 unspecified atom stereocenters. The molecule has 0 saturated carbocycles. The first-order chi connectivity index (χ1) is 9.50. The number of nitro groups is 1. The fourth-order valence-corrected chi connectivity index (χ4v) is 2.26. The van der Waals surface area contributed by atoms with E-state index >= 15 is 0 Å². The third-order valence-corrected chi connectivity index (χ3v) is 3.54. The molecule has 0 bridgehead atoms. The molecular weight excluding hydrogens is 260 g/mol. The first-order valence-electron chi connectivity index (χ1n) is 6.67. The minimum absolute atomic E-state index is 0.00489. The standard InChI is InChI=1S/C13H20N4O3/c1-13(2,16-6-8-20-9-7-16)10-15-12-11(17(18)19)4-3-5-14-12/h3-5H,6-10H2,1-2H3,(H,14,15). The van der Waals surface area contributed by atoms with Gasteiger partial charge >= 0.3 is 5.69 Å². The second kappa shape index (κ2) is 6.15. The highest BCUT2D eigenvalue weighted by molar-refractivity contribution is 5.55. The van der Waals surface area contributed by atoms with Gasteiger partial charge in [-0.15, -0.1) is 0 Å². The van der Waals surface area contributed by atoms with Gasteiger partial charge in [0.05, 0.1) is 18.1 Å². The molecule has 1 aliphatic heterocycles. The number of nitrogens with zero attached hydrogens (tertiary/aromatic N) is 3. The number of aromatic nitrogens is 1. The van der Waals surface area contributed by atoms with Gasteiger partial charge in [0, 0.05) is 37.4 Å². The molecule has 0 aliphatic carbocycles. The summed E-state index contributed by atoms with van der Waals surface area (Å²) in [4.78, 5) is 16.9. The number of ether oxygens (including phenoxy) is 1. The molecule has 0 amide bonds. The Morgan fingerprint density at radius 1 is 1.50 bits per heavy atom. The Labute approximate surface area is 118 Å². The predicted molar refractivity (Wildman–Crippen MR) is 75.9 cm³/mol. The van der Waals surface area contributed by atoms with E-state index in [1.54, 1.807) is 12.3 Å². The van der Waals surface area contributed by atoms with E-state index in [0.717, 1.165) is 26.3 Å². The van der Waals surface area contributed by atoms with Crippen molar-refractivity contribution < 1.29 is 9.66 Å². The lowest BCUT2D eigenvalue weighted by molar-refractivity contribution is -0.384. The number of pyridine rings is 1. The van der Waals surface area contributed by atoms with Gasteiger partial charge in [0.1, 0.15) is 0 Å². The van der Waals surface area contributed by atoms with Crippen molar-refractivity contribution in [2.75, 3.05) is 38.2 Å². The molecule has 0 radical (unpaired) electrons. The van der Waals surface area contributed by atoms with Gasteiger partial charge < -0.3 is 10.1 Å². The van der Waals surface area contributed by atoms with Crippen LogP contribution in [-0.2, 0) is 4.74 Å². The van der Waals surface area contributed by atoms with E-state index in [9.17, 15) is 10.1 Å². The second-order valence-corrected chi connectivity index (χ2v) is 5.39. The van der Waals surface area contributed by atoms with Crippen molar-refractivity contribution in [2.45, 2.75) is 19.4 Å². The van der Waals surface area contributed by atoms with Crippen LogP contribution in [0.3, 0.4) is 0 Å². The van der Waals surface area contributed by atoms with E-state index in [4.69, 9.17) is 4.74 Å². The van der Waals surface area contributed by atoms with Gasteiger partial charge in [-0.25, -0.2) is 4.98 Å². The highest BCUT2D eigenvalue weighted by Crippen LogP contribution is 2.22. The van der Waals surface area contributed by atoms with Crippen molar-refractivity contribution in [3.63, 3.8) is 0 Å². The molecule has 20 heavy (non-hydrogen) atoms. The van der Waals surface area contributed by atoms with Crippen molar-refractivity contribution >= 4 is 11.5 Å². The molecule has 1 N–H and O–H groups in total. The molecule has 110 valence electrons. The Morgan fingerprint density at radius 2 is 2.20 bits per heavy atom. The van der Waals surface area contributed by atoms with E-state index in [0.29, 0.717) is 12.4 Å². The fraction of sp³-hybridized carbons (Fsp3) is 0.615. The number of nitrogens with one attached hydrogen (secondary N) is 1. The lowest BCUT2D eigenvalue weighted by atomic mass is 10.0. The maximum absolute atomic E-state index is 10.9. The number of anilines is 1. The largest absolute Gasteiger partial charge is 0.379 e. The van der Waals surface area contributed by atoms with Gasteiger partial charge in [0.2, 0.25) is 5.82 Å². The summed E-state index contributed by atoms with van der Waals surface area (Å²) < 4.78 is 5.34. The van der Waals surface area contributed by atoms with Gasteiger partial charge in [-0.05, 0) is 19.9 Å². The van der Waals surface area contributed by atoms with E-state index < -0.39 is 4.92 Å². The van der Waals surface area contributed by atoms with Crippen molar-refractivity contribution in [3.05, 3.63) is 28.4 Å². The van der Waals surface area contributed by atoms with Crippen LogP contribution >= 0.6 is 0 Å². The molecule has 1 fully saturated rings. The molecule has 0 atom stereocenters. The van der Waals surface area contributed by atoms with Gasteiger partial charge in [-0.1, -0.05) is 0 Å². The zero-order chi connectivity index (χ0) is 14.6. The van der Waals surface area contributed by atoms with Crippen molar-refractivity contribution in [1.29, 1.82) is 0 Å². The van der Waals surface area contributed by atoms with E-state index in [2.05, 4.69) is 29.0 Å². The average molecular weight is 280 g/mol. The maximum atomic E-state index is 10.9. The first-order valence-corrected chi connectivity index (χ1v) is 6.67. The Bertz CT molecular complexity index is 472. The van der Waals surface area contributed by atoms with E-state index in [-0.39, 0.29) is 11.2 Å². The molecule has 0 spiro atoms. The van der Waals surface area contributed by atoms with Crippen molar-refractivity contribution in [2.24, 2.45) is 0 Å². The third-order valence-electron chi connectivity index (χ3n) is 3.54. The molecule has 1 saturated heterocycles. The van der Waals surface area contributed by atoms with Crippen molar-refractivity contribution in [1.82, 2.24) is 9.88 Å². The van der Waals surface area contributed by atoms with E-state index in [1.165, 1.54) is 6.07 Å². The second-order valence-electron chi connectivity index (χ2n) is 5.39. The Hall–Kier alpha value is -1.73. The average Bonchev–Trinajstić information content (AvgIpc) is 2.46. The summed E-state index contributed by atoms with van der Waals surface area (Å²) in [6.45, 7) is 8.02. The zero-order valence-corrected chi connectivity index (χ0v) is 11.8. The summed E-state index contributed by atoms with van der Waals surface area (Å²) in [7, 11) is 0. The van der Waals surface area contributed by atoms with Crippen LogP contribution < -0.4 is 5.32 Å². The summed E-state index contributed by atoms with van der Waals surface area (Å²) in [6, 6.07) is 3.02. The number of rotatable bonds is 5. The monoisotopic (exact) mass is 280 g/mol. The smallest absolute Gasteiger partial charge is 0.311 e. The quantitative estimate of drug-likeness (QED) is 0.650. The van der Waals surface area contributed by atoms with Crippen LogP contribution in [-0.4, -0.2) is 53.2 Å². The fourth-order valence-electron chi connectivity index (χ4n) is 2.26. The van der Waals surface area contributed by atoms with Crippen LogP contribution in [0, 0.1) is 10.1 Å². The Balaban J connectivity index is 2.02. The molecular formula is C13H20N4O3. The topological polar surface area (TPSA) is 80.5 Å². The van der Waals surface area contributed by atoms with Crippen LogP contribution in [0.2, 0.25) is 0 Å². The summed E-state index contributed by atoms with van der Waals surface area (Å²) in [5.74, 6) is 0.318. The van der Waals surface area contributed by atoms with Crippen LogP contribution in [0.5, 0.6) is 0 Å². The number of hydrogen-bond donors (Lipinski definition) is 1. The van der Waals surface area contributed by atoms with Gasteiger partial charge in [-0.3, -0.25) is 15.0 Å². The van der Waals surface area contributed by atoms with E-state index in [1.807, 2.05) is 0 Å². The third kappa shape index (κ3) is 3.43. The molecule has 1 aliphatic rings. The molecule has 2 rings (SSSR count). The molecule has 7 heteroatoms. The van der Waals surface area contributed by atoms with Gasteiger partial charge in [0.15, 0.2) is 0 Å². The predicted octanol–water partition coefficient (Wildman–Crippen LogP) is 1.51. The SMILES string of the molecule is CC(C)(CNc1ncccc1[N+](=O)[O-])N1CCOCC1. The summed E-state index contributed by atoms with van der Waals surface area (Å²) >= 11 is 0. The molecule has 7 nitrogen and oxygen atoms in total. The van der Waals surface area contributed by atoms with Crippen LogP contribution in [0.4, 0.5) is 11.5 Å². The Kier molecular flexibility index (Phi) is 4.51. The normalized spacial score (nSPS) is 16.9. The summed E-state index contributed by atoms with van der Waals surface area (Å²) in [5.41, 5.74) is -0.111. The molecule has 1 aromatic heterocycles. The maximum Gasteiger partial charge on any atom is 0.311 e. The van der Waals surface area contributed by atoms with Crippen LogP contribution in [0.15, 0.2) is 18.3 Å². The molecule has 2 heterocycles. The van der Waals surface area contributed by atoms with Crippen molar-refractivity contribution in [3.8, 4) is 0 Å². The number of hydrogen-bond acceptors (Lipinski definition) is 6. The Morgan fingerprint density at radius 3 is 2.85 bits per heavy atom. The van der Waals surface area contributed by atoms with Crippen LogP contribution in [0.25, 0.3) is 0 Å². The number of morpholine rings is 1. The minimum atomic E-state index is -0.420. The summed E-state index contributed by atoms with van der Waals surface area (Å²) in [5, 5.41) is 14.0. The lowest BCUT2D eigenvalue weighted by Gasteiger charge is -2.40. The van der Waals surface area contributed by atoms with Gasteiger partial charge in [-0.2, -0.15) is 0 Å². The first kappa shape index (κ1) is 14.7. The highest BCUT2D eigenvalue weighted by Gasteiger charge is 2.29. The van der Waals surface area contributed by atoms with Gasteiger partial charge in [0.25, 0.3) is 0 Å². The zero-order valence-electron chi connectivity index (χ0n) is 11.8. The highest BCUT2D eigenvalue weighted by atomic mass is 16.6. The molecule has 1 aromatic rings. The van der Waals surface area contributed by atoms with Crippen LogP contribution in [0.1, 0.15) is 13.8 Å².